The predicted molar refractivity (Wildman–Crippen MR) is 120 cm³/mol. The van der Waals surface area contributed by atoms with E-state index in [9.17, 15) is 9.59 Å². The summed E-state index contributed by atoms with van der Waals surface area (Å²) in [6.45, 7) is 1.57. The summed E-state index contributed by atoms with van der Waals surface area (Å²) in [6, 6.07) is 24.5. The lowest BCUT2D eigenvalue weighted by atomic mass is 10.2. The third-order valence-corrected chi connectivity index (χ3v) is 5.18. The number of aryl methyl sites for hydroxylation is 1. The van der Waals surface area contributed by atoms with E-state index in [1.807, 2.05) is 65.2 Å². The van der Waals surface area contributed by atoms with Gasteiger partial charge in [-0.15, -0.1) is 0 Å². The third kappa shape index (κ3) is 3.36. The van der Waals surface area contributed by atoms with Crippen LogP contribution in [0.5, 0.6) is 0 Å². The van der Waals surface area contributed by atoms with E-state index in [1.165, 1.54) is 4.57 Å². The molecule has 5 aromatic rings. The van der Waals surface area contributed by atoms with Crippen LogP contribution >= 0.6 is 0 Å². The predicted octanol–water partition coefficient (Wildman–Crippen LogP) is 3.68. The zero-order chi connectivity index (χ0) is 21.4. The highest BCUT2D eigenvalue weighted by Gasteiger charge is 2.16. The number of carbonyl (C=O) groups is 1. The maximum Gasteiger partial charge on any atom is 0.261 e. The van der Waals surface area contributed by atoms with E-state index in [2.05, 4.69) is 15.3 Å². The van der Waals surface area contributed by atoms with Crippen LogP contribution in [0.25, 0.3) is 27.6 Å². The minimum atomic E-state index is -0.352. The molecule has 0 saturated carbocycles. The van der Waals surface area contributed by atoms with Crippen molar-refractivity contribution < 1.29 is 4.79 Å². The quantitative estimate of drug-likeness (QED) is 0.491. The number of hydrogen-bond acceptors (Lipinski definition) is 4. The molecule has 0 aliphatic carbocycles. The van der Waals surface area contributed by atoms with Gasteiger partial charge < -0.3 is 0 Å². The van der Waals surface area contributed by atoms with Crippen molar-refractivity contribution in [3.05, 3.63) is 95.0 Å². The molecule has 1 amide bonds. The van der Waals surface area contributed by atoms with Gasteiger partial charge in [0.05, 0.1) is 21.9 Å². The molecule has 0 bridgehead atoms. The third-order valence-electron chi connectivity index (χ3n) is 5.18. The largest absolute Gasteiger partial charge is 0.294 e. The summed E-state index contributed by atoms with van der Waals surface area (Å²) in [5, 5.41) is 3.36. The standard InChI is InChI=1S/C24H19N5O2/c1-16-25-19-12-6-5-11-18(19)23(31)28(16)15-22(30)27-24-26-20-13-7-8-14-21(20)29(24)17-9-3-2-4-10-17/h2-14H,15H2,1H3,(H,26,27,30). The van der Waals surface area contributed by atoms with Crippen molar-refractivity contribution in [2.24, 2.45) is 0 Å². The second-order valence-electron chi connectivity index (χ2n) is 7.21. The zero-order valence-electron chi connectivity index (χ0n) is 16.8. The molecule has 3 aromatic carbocycles. The van der Waals surface area contributed by atoms with Crippen LogP contribution in [0.1, 0.15) is 5.82 Å². The maximum atomic E-state index is 12.9. The van der Waals surface area contributed by atoms with Crippen molar-refractivity contribution in [2.75, 3.05) is 5.32 Å². The second-order valence-corrected chi connectivity index (χ2v) is 7.21. The Bertz CT molecular complexity index is 1480. The SMILES string of the molecule is Cc1nc2ccccc2c(=O)n1CC(=O)Nc1nc2ccccc2n1-c1ccccc1. The average molecular weight is 409 g/mol. The number of hydrogen-bond donors (Lipinski definition) is 1. The summed E-state index contributed by atoms with van der Waals surface area (Å²) in [6.07, 6.45) is 0. The minimum Gasteiger partial charge on any atom is -0.294 e. The van der Waals surface area contributed by atoms with Gasteiger partial charge in [-0.3, -0.25) is 24.0 Å². The lowest BCUT2D eigenvalue weighted by Crippen LogP contribution is -2.30. The number of carbonyl (C=O) groups excluding carboxylic acids is 1. The van der Waals surface area contributed by atoms with Gasteiger partial charge in [0.25, 0.3) is 5.56 Å². The Morgan fingerprint density at radius 2 is 1.55 bits per heavy atom. The molecule has 31 heavy (non-hydrogen) atoms. The van der Waals surface area contributed by atoms with E-state index < -0.39 is 0 Å². The lowest BCUT2D eigenvalue weighted by Gasteiger charge is -2.12. The first-order valence-corrected chi connectivity index (χ1v) is 9.91. The fourth-order valence-corrected chi connectivity index (χ4v) is 3.72. The van der Waals surface area contributed by atoms with Crippen LogP contribution in [0.3, 0.4) is 0 Å². The number of aromatic nitrogens is 4. The Hall–Kier alpha value is -4.26. The number of para-hydroxylation sites is 4. The summed E-state index contributed by atoms with van der Waals surface area (Å²) in [5.74, 6) is 0.530. The van der Waals surface area contributed by atoms with Crippen molar-refractivity contribution >= 4 is 33.8 Å². The highest BCUT2D eigenvalue weighted by molar-refractivity contribution is 5.92. The van der Waals surface area contributed by atoms with Gasteiger partial charge in [-0.05, 0) is 43.3 Å². The van der Waals surface area contributed by atoms with E-state index in [4.69, 9.17) is 0 Å². The van der Waals surface area contributed by atoms with Crippen molar-refractivity contribution in [1.29, 1.82) is 0 Å². The molecule has 0 aliphatic heterocycles. The Kier molecular flexibility index (Phi) is 4.55. The Morgan fingerprint density at radius 3 is 2.35 bits per heavy atom. The molecule has 0 aliphatic rings. The van der Waals surface area contributed by atoms with Crippen molar-refractivity contribution in [3.8, 4) is 5.69 Å². The van der Waals surface area contributed by atoms with Crippen LogP contribution in [-0.2, 0) is 11.3 Å². The smallest absolute Gasteiger partial charge is 0.261 e. The highest BCUT2D eigenvalue weighted by atomic mass is 16.2. The fourth-order valence-electron chi connectivity index (χ4n) is 3.72. The number of nitrogens with zero attached hydrogens (tertiary/aromatic N) is 4. The van der Waals surface area contributed by atoms with Gasteiger partial charge in [-0.25, -0.2) is 9.97 Å². The Morgan fingerprint density at radius 1 is 0.871 bits per heavy atom. The monoisotopic (exact) mass is 409 g/mol. The molecule has 7 nitrogen and oxygen atoms in total. The summed E-state index contributed by atoms with van der Waals surface area (Å²) < 4.78 is 3.27. The molecule has 5 rings (SSSR count). The molecular formula is C24H19N5O2. The Labute approximate surface area is 177 Å². The average Bonchev–Trinajstić information content (AvgIpc) is 3.15. The van der Waals surface area contributed by atoms with Gasteiger partial charge in [0, 0.05) is 5.69 Å². The molecule has 2 heterocycles. The molecular weight excluding hydrogens is 390 g/mol. The van der Waals surface area contributed by atoms with Crippen LogP contribution in [-0.4, -0.2) is 25.0 Å². The van der Waals surface area contributed by atoms with Gasteiger partial charge in [0.2, 0.25) is 11.9 Å². The van der Waals surface area contributed by atoms with Gasteiger partial charge >= 0.3 is 0 Å². The highest BCUT2D eigenvalue weighted by Crippen LogP contribution is 2.24. The van der Waals surface area contributed by atoms with E-state index in [-0.39, 0.29) is 18.0 Å². The number of nitrogens with one attached hydrogen (secondary N) is 1. The maximum absolute atomic E-state index is 12.9. The molecule has 0 fully saturated rings. The molecule has 1 N–H and O–H groups in total. The molecule has 152 valence electrons. The number of anilines is 1. The summed E-state index contributed by atoms with van der Waals surface area (Å²) >= 11 is 0. The minimum absolute atomic E-state index is 0.152. The fraction of sp³-hybridized carbons (Fsp3) is 0.0833. The first-order valence-electron chi connectivity index (χ1n) is 9.91. The number of amides is 1. The Balaban J connectivity index is 1.52. The lowest BCUT2D eigenvalue weighted by molar-refractivity contribution is -0.116. The topological polar surface area (TPSA) is 81.8 Å². The van der Waals surface area contributed by atoms with E-state index in [1.54, 1.807) is 25.1 Å². The van der Waals surface area contributed by atoms with Gasteiger partial charge in [-0.1, -0.05) is 42.5 Å². The van der Waals surface area contributed by atoms with E-state index in [0.29, 0.717) is 22.7 Å². The van der Waals surface area contributed by atoms with Crippen LogP contribution in [0.2, 0.25) is 0 Å². The summed E-state index contributed by atoms with van der Waals surface area (Å²) in [7, 11) is 0. The van der Waals surface area contributed by atoms with Crippen LogP contribution in [0, 0.1) is 6.92 Å². The van der Waals surface area contributed by atoms with Crippen molar-refractivity contribution in [2.45, 2.75) is 13.5 Å². The van der Waals surface area contributed by atoms with Crippen LogP contribution < -0.4 is 10.9 Å². The second kappa shape index (κ2) is 7.53. The summed E-state index contributed by atoms with van der Waals surface area (Å²) in [4.78, 5) is 34.9. The van der Waals surface area contributed by atoms with E-state index in [0.717, 1.165) is 16.7 Å². The number of fused-ring (bicyclic) bond motifs is 2. The number of benzene rings is 3. The van der Waals surface area contributed by atoms with Gasteiger partial charge in [-0.2, -0.15) is 0 Å². The van der Waals surface area contributed by atoms with E-state index >= 15 is 0 Å². The number of rotatable bonds is 4. The van der Waals surface area contributed by atoms with Crippen LogP contribution in [0.4, 0.5) is 5.95 Å². The molecule has 2 aromatic heterocycles. The van der Waals surface area contributed by atoms with Crippen LogP contribution in [0.15, 0.2) is 83.7 Å². The van der Waals surface area contributed by atoms with Gasteiger partial charge in [0.1, 0.15) is 12.4 Å². The summed E-state index contributed by atoms with van der Waals surface area (Å²) in [5.41, 5.74) is 2.90. The molecule has 0 radical (unpaired) electrons. The molecule has 0 unspecified atom stereocenters. The first-order chi connectivity index (χ1) is 15.1. The molecule has 7 heteroatoms. The molecule has 0 atom stereocenters. The normalized spacial score (nSPS) is 11.1. The first kappa shape index (κ1) is 18.7. The molecule has 0 saturated heterocycles. The van der Waals surface area contributed by atoms with Crippen molar-refractivity contribution in [1.82, 2.24) is 19.1 Å². The molecule has 0 spiro atoms. The van der Waals surface area contributed by atoms with Gasteiger partial charge in [0.15, 0.2) is 0 Å². The zero-order valence-corrected chi connectivity index (χ0v) is 16.8. The van der Waals surface area contributed by atoms with Crippen molar-refractivity contribution in [3.63, 3.8) is 0 Å². The number of imidazole rings is 1.